The van der Waals surface area contributed by atoms with Gasteiger partial charge in [0.2, 0.25) is 0 Å². The van der Waals surface area contributed by atoms with Crippen LogP contribution >= 0.6 is 0 Å². The van der Waals surface area contributed by atoms with Gasteiger partial charge >= 0.3 is 12.1 Å². The van der Waals surface area contributed by atoms with Gasteiger partial charge in [0.25, 0.3) is 5.91 Å². The predicted molar refractivity (Wildman–Crippen MR) is 74.0 cm³/mol. The Morgan fingerprint density at radius 1 is 1.35 bits per heavy atom. The Labute approximate surface area is 129 Å². The fourth-order valence-electron chi connectivity index (χ4n) is 1.49. The van der Waals surface area contributed by atoms with Crippen LogP contribution in [0.3, 0.4) is 0 Å². The van der Waals surface area contributed by atoms with Crippen LogP contribution in [0.2, 0.25) is 0 Å². The number of amides is 1. The van der Waals surface area contributed by atoms with Gasteiger partial charge in [0.1, 0.15) is 17.7 Å². The molecule has 0 aliphatic heterocycles. The highest BCUT2D eigenvalue weighted by molar-refractivity contribution is 5.99. The van der Waals surface area contributed by atoms with Crippen LogP contribution < -0.4 is 10.6 Å². The number of carbonyl (C=O) groups is 2. The van der Waals surface area contributed by atoms with Crippen LogP contribution in [0.25, 0.3) is 0 Å². The summed E-state index contributed by atoms with van der Waals surface area (Å²) in [5.74, 6) is -2.33. The molecule has 0 radical (unpaired) electrons. The maximum atomic E-state index is 12.8. The minimum atomic E-state index is -4.61. The number of hydrogen-bond acceptors (Lipinski definition) is 4. The molecule has 0 saturated carbocycles. The molecule has 1 amide bonds. The first-order valence-electron chi connectivity index (χ1n) is 6.23. The highest BCUT2D eigenvalue weighted by Gasteiger charge is 2.33. The lowest BCUT2D eigenvalue weighted by Gasteiger charge is -2.12. The van der Waals surface area contributed by atoms with Gasteiger partial charge in [0, 0.05) is 6.20 Å². The largest absolute Gasteiger partial charge is 0.480 e. The van der Waals surface area contributed by atoms with Crippen molar-refractivity contribution in [1.82, 2.24) is 5.32 Å². The van der Waals surface area contributed by atoms with Crippen LogP contribution in [0.5, 0.6) is 0 Å². The number of halogens is 3. The second-order valence-electron chi connectivity index (χ2n) is 4.39. The fourth-order valence-corrected chi connectivity index (χ4v) is 1.49. The highest BCUT2D eigenvalue weighted by atomic mass is 19.4. The van der Waals surface area contributed by atoms with Crippen molar-refractivity contribution in [2.75, 3.05) is 5.32 Å². The molecule has 0 aliphatic carbocycles. The molecule has 0 heterocycles. The van der Waals surface area contributed by atoms with Crippen LogP contribution in [-0.2, 0) is 15.8 Å². The number of nitrogens with one attached hydrogen (secondary N) is 2. The third-order valence-corrected chi connectivity index (χ3v) is 2.69. The highest BCUT2D eigenvalue weighted by Crippen LogP contribution is 2.34. The van der Waals surface area contributed by atoms with Crippen molar-refractivity contribution in [3.63, 3.8) is 0 Å². The number of carbonyl (C=O) groups excluding carboxylic acids is 1. The van der Waals surface area contributed by atoms with Crippen molar-refractivity contribution in [2.45, 2.75) is 19.1 Å². The Morgan fingerprint density at radius 3 is 2.48 bits per heavy atom. The number of hydrogen-bond donors (Lipinski definition) is 3. The van der Waals surface area contributed by atoms with E-state index in [1.54, 1.807) is 0 Å². The summed E-state index contributed by atoms with van der Waals surface area (Å²) in [6.07, 6.45) is -3.82. The summed E-state index contributed by atoms with van der Waals surface area (Å²) in [7, 11) is 0. The monoisotopic (exact) mass is 327 g/mol. The van der Waals surface area contributed by atoms with E-state index in [1.807, 2.05) is 5.32 Å². The topological polar surface area (TPSA) is 102 Å². The first-order chi connectivity index (χ1) is 10.7. The summed E-state index contributed by atoms with van der Waals surface area (Å²) < 4.78 is 38.4. The molecule has 0 aliphatic rings. The van der Waals surface area contributed by atoms with Gasteiger partial charge in [-0.25, -0.2) is 0 Å². The summed E-state index contributed by atoms with van der Waals surface area (Å²) in [6.45, 7) is 1.18. The second-order valence-corrected chi connectivity index (χ2v) is 4.39. The molecule has 1 aromatic carbocycles. The number of benzene rings is 1. The molecular weight excluding hydrogens is 315 g/mol. The Hall–Kier alpha value is -3.02. The molecule has 6 nitrogen and oxygen atoms in total. The Balaban J connectivity index is 2.97. The standard InChI is InChI=1S/C14H12F3N3O3/c1-8(13(22)23)20-12(21)9(6-18)7-19-11-5-3-2-4-10(11)14(15,16)17/h2-5,7-8,19H,1H3,(H,20,21)(H,22,23)/b9-7-. The van der Waals surface area contributed by atoms with Crippen molar-refractivity contribution >= 4 is 17.6 Å². The molecule has 0 aromatic heterocycles. The number of carboxylic acids is 1. The number of aliphatic carboxylic acids is 1. The Morgan fingerprint density at radius 2 is 1.96 bits per heavy atom. The molecule has 0 fully saturated rings. The van der Waals surface area contributed by atoms with Crippen molar-refractivity contribution in [1.29, 1.82) is 5.26 Å². The van der Waals surface area contributed by atoms with E-state index in [-0.39, 0.29) is 5.69 Å². The van der Waals surface area contributed by atoms with Gasteiger partial charge < -0.3 is 15.7 Å². The van der Waals surface area contributed by atoms with Gasteiger partial charge in [-0.3, -0.25) is 9.59 Å². The Kier molecular flexibility index (Phi) is 5.73. The molecule has 9 heteroatoms. The maximum Gasteiger partial charge on any atom is 0.418 e. The Bertz CT molecular complexity index is 678. The zero-order chi connectivity index (χ0) is 17.6. The number of carboxylic acid groups (broad SMARTS) is 1. The van der Waals surface area contributed by atoms with E-state index in [0.29, 0.717) is 0 Å². The normalized spacial score (nSPS) is 12.9. The van der Waals surface area contributed by atoms with Crippen LogP contribution in [0.1, 0.15) is 12.5 Å². The summed E-state index contributed by atoms with van der Waals surface area (Å²) in [6, 6.07) is 4.76. The average Bonchev–Trinajstić information content (AvgIpc) is 2.47. The molecular formula is C14H12F3N3O3. The third-order valence-electron chi connectivity index (χ3n) is 2.69. The SMILES string of the molecule is CC(NC(=O)/C(C#N)=C\Nc1ccccc1C(F)(F)F)C(=O)O. The number of rotatable bonds is 5. The molecule has 1 aromatic rings. The zero-order valence-corrected chi connectivity index (χ0v) is 11.8. The summed E-state index contributed by atoms with van der Waals surface area (Å²) in [5.41, 5.74) is -1.87. The zero-order valence-electron chi connectivity index (χ0n) is 11.8. The van der Waals surface area contributed by atoms with E-state index in [2.05, 4.69) is 5.32 Å². The van der Waals surface area contributed by atoms with Crippen LogP contribution in [0, 0.1) is 11.3 Å². The molecule has 1 rings (SSSR count). The molecule has 0 saturated heterocycles. The predicted octanol–water partition coefficient (Wildman–Crippen LogP) is 2.11. The summed E-state index contributed by atoms with van der Waals surface area (Å²) in [5, 5.41) is 21.8. The number of alkyl halides is 3. The van der Waals surface area contributed by atoms with Crippen LogP contribution in [0.15, 0.2) is 36.0 Å². The number of anilines is 1. The minimum absolute atomic E-state index is 0.341. The lowest BCUT2D eigenvalue weighted by Crippen LogP contribution is -2.39. The van der Waals surface area contributed by atoms with E-state index in [4.69, 9.17) is 10.4 Å². The number of nitriles is 1. The van der Waals surface area contributed by atoms with Gasteiger partial charge in [-0.15, -0.1) is 0 Å². The van der Waals surface area contributed by atoms with Crippen molar-refractivity contribution < 1.29 is 27.9 Å². The molecule has 0 spiro atoms. The van der Waals surface area contributed by atoms with E-state index in [1.165, 1.54) is 25.1 Å². The third kappa shape index (κ3) is 5.03. The van der Waals surface area contributed by atoms with Crippen molar-refractivity contribution in [3.8, 4) is 6.07 Å². The van der Waals surface area contributed by atoms with E-state index < -0.39 is 35.2 Å². The van der Waals surface area contributed by atoms with Crippen LogP contribution in [0.4, 0.5) is 18.9 Å². The lowest BCUT2D eigenvalue weighted by atomic mass is 10.1. The summed E-state index contributed by atoms with van der Waals surface area (Å²) >= 11 is 0. The summed E-state index contributed by atoms with van der Waals surface area (Å²) in [4.78, 5) is 22.3. The lowest BCUT2D eigenvalue weighted by molar-refractivity contribution is -0.140. The van der Waals surface area contributed by atoms with Crippen LogP contribution in [-0.4, -0.2) is 23.0 Å². The van der Waals surface area contributed by atoms with Gasteiger partial charge in [-0.2, -0.15) is 18.4 Å². The first kappa shape index (κ1) is 18.0. The van der Waals surface area contributed by atoms with E-state index in [0.717, 1.165) is 18.3 Å². The van der Waals surface area contributed by atoms with Gasteiger partial charge in [0.05, 0.1) is 11.3 Å². The second kappa shape index (κ2) is 7.31. The van der Waals surface area contributed by atoms with Gasteiger partial charge in [-0.05, 0) is 19.1 Å². The molecule has 0 bridgehead atoms. The molecule has 1 unspecified atom stereocenters. The quantitative estimate of drug-likeness (QED) is 0.568. The van der Waals surface area contributed by atoms with Gasteiger partial charge in [-0.1, -0.05) is 12.1 Å². The smallest absolute Gasteiger partial charge is 0.418 e. The molecule has 122 valence electrons. The molecule has 1 atom stereocenters. The average molecular weight is 327 g/mol. The molecule has 3 N–H and O–H groups in total. The van der Waals surface area contributed by atoms with Crippen molar-refractivity contribution in [3.05, 3.63) is 41.6 Å². The molecule has 23 heavy (non-hydrogen) atoms. The maximum absolute atomic E-state index is 12.8. The van der Waals surface area contributed by atoms with E-state index in [9.17, 15) is 22.8 Å². The fraction of sp³-hybridized carbons (Fsp3) is 0.214. The van der Waals surface area contributed by atoms with Crippen molar-refractivity contribution in [2.24, 2.45) is 0 Å². The van der Waals surface area contributed by atoms with E-state index >= 15 is 0 Å². The first-order valence-corrected chi connectivity index (χ1v) is 6.23. The van der Waals surface area contributed by atoms with Gasteiger partial charge in [0.15, 0.2) is 0 Å². The minimum Gasteiger partial charge on any atom is -0.480 e. The number of nitrogens with zero attached hydrogens (tertiary/aromatic N) is 1. The number of para-hydroxylation sites is 1.